The summed E-state index contributed by atoms with van der Waals surface area (Å²) in [6, 6.07) is 4.87. The van der Waals surface area contributed by atoms with E-state index >= 15 is 0 Å². The van der Waals surface area contributed by atoms with Gasteiger partial charge >= 0.3 is 0 Å². The van der Waals surface area contributed by atoms with E-state index in [9.17, 15) is 9.18 Å². The number of carbonyl (C=O) groups is 1. The number of para-hydroxylation sites is 1. The Bertz CT molecular complexity index is 514. The third-order valence-corrected chi connectivity index (χ3v) is 4.39. The summed E-state index contributed by atoms with van der Waals surface area (Å²) in [5.41, 5.74) is 5.92. The van der Waals surface area contributed by atoms with E-state index in [1.165, 1.54) is 25.0 Å². The van der Waals surface area contributed by atoms with Gasteiger partial charge in [0, 0.05) is 19.1 Å². The normalized spacial score (nSPS) is 23.4. The summed E-state index contributed by atoms with van der Waals surface area (Å²) in [6.45, 7) is 3.73. The number of anilines is 1. The number of nitrogen functional groups attached to an aromatic ring is 1. The number of hydrogen-bond acceptors (Lipinski definition) is 3. The predicted molar refractivity (Wildman–Crippen MR) is 75.9 cm³/mol. The number of likely N-dealkylation sites (tertiary alicyclic amines) is 2. The topological polar surface area (TPSA) is 49.6 Å². The molecule has 0 aliphatic carbocycles. The summed E-state index contributed by atoms with van der Waals surface area (Å²) in [6.07, 6.45) is 3.50. The molecule has 2 aliphatic rings. The molecule has 1 unspecified atom stereocenters. The van der Waals surface area contributed by atoms with Gasteiger partial charge in [0.05, 0.1) is 11.3 Å². The lowest BCUT2D eigenvalue weighted by molar-refractivity contribution is 0.0780. The molecule has 0 spiro atoms. The van der Waals surface area contributed by atoms with Gasteiger partial charge in [0.1, 0.15) is 5.82 Å². The minimum absolute atomic E-state index is 0.0397. The lowest BCUT2D eigenvalue weighted by Gasteiger charge is -2.23. The second-order valence-electron chi connectivity index (χ2n) is 5.64. The first-order valence-corrected chi connectivity index (χ1v) is 7.24. The molecule has 3 rings (SSSR count). The molecule has 1 aromatic carbocycles. The highest BCUT2D eigenvalue weighted by Crippen LogP contribution is 2.24. The first-order valence-electron chi connectivity index (χ1n) is 7.24. The fourth-order valence-electron chi connectivity index (χ4n) is 3.22. The van der Waals surface area contributed by atoms with Crippen molar-refractivity contribution in [2.45, 2.75) is 25.3 Å². The van der Waals surface area contributed by atoms with Crippen LogP contribution in [0.15, 0.2) is 18.2 Å². The van der Waals surface area contributed by atoms with Crippen LogP contribution in [0.5, 0.6) is 0 Å². The molecular weight excluding hydrogens is 257 g/mol. The molecule has 4 nitrogen and oxygen atoms in total. The number of nitrogens with two attached hydrogens (primary N) is 1. The minimum Gasteiger partial charge on any atom is -0.396 e. The van der Waals surface area contributed by atoms with Gasteiger partial charge in [-0.1, -0.05) is 6.07 Å². The van der Waals surface area contributed by atoms with Crippen molar-refractivity contribution in [1.29, 1.82) is 0 Å². The van der Waals surface area contributed by atoms with Crippen molar-refractivity contribution in [1.82, 2.24) is 9.80 Å². The number of benzene rings is 1. The maximum Gasteiger partial charge on any atom is 0.256 e. The van der Waals surface area contributed by atoms with Crippen LogP contribution in [0, 0.1) is 5.82 Å². The quantitative estimate of drug-likeness (QED) is 0.837. The van der Waals surface area contributed by atoms with E-state index in [-0.39, 0.29) is 17.2 Å². The van der Waals surface area contributed by atoms with Crippen LogP contribution in [-0.2, 0) is 0 Å². The second kappa shape index (κ2) is 5.40. The van der Waals surface area contributed by atoms with E-state index in [4.69, 9.17) is 5.73 Å². The maximum absolute atomic E-state index is 13.4. The van der Waals surface area contributed by atoms with Crippen LogP contribution in [0.3, 0.4) is 0 Å². The molecule has 2 fully saturated rings. The monoisotopic (exact) mass is 277 g/mol. The first-order chi connectivity index (χ1) is 9.66. The smallest absolute Gasteiger partial charge is 0.256 e. The fourth-order valence-corrected chi connectivity index (χ4v) is 3.22. The van der Waals surface area contributed by atoms with E-state index in [1.807, 2.05) is 0 Å². The summed E-state index contributed by atoms with van der Waals surface area (Å²) < 4.78 is 13.4. The Morgan fingerprint density at radius 3 is 2.75 bits per heavy atom. The van der Waals surface area contributed by atoms with E-state index in [1.54, 1.807) is 11.0 Å². The molecule has 0 radical (unpaired) electrons. The highest BCUT2D eigenvalue weighted by molar-refractivity contribution is 5.99. The van der Waals surface area contributed by atoms with E-state index in [2.05, 4.69) is 4.90 Å². The average molecular weight is 277 g/mol. The van der Waals surface area contributed by atoms with Gasteiger partial charge in [-0.05, 0) is 44.5 Å². The van der Waals surface area contributed by atoms with Gasteiger partial charge < -0.3 is 10.6 Å². The summed E-state index contributed by atoms with van der Waals surface area (Å²) in [5, 5.41) is 0. The molecule has 0 saturated carbocycles. The average Bonchev–Trinajstić information content (AvgIpc) is 3.11. The molecule has 2 heterocycles. The largest absolute Gasteiger partial charge is 0.396 e. The molecule has 108 valence electrons. The number of nitrogens with zero attached hydrogens (tertiary/aromatic N) is 2. The number of amides is 1. The van der Waals surface area contributed by atoms with Gasteiger partial charge in [-0.2, -0.15) is 0 Å². The maximum atomic E-state index is 13.4. The standard InChI is InChI=1S/C15H20FN3O/c16-13-5-3-4-12(14(13)17)15(20)19-9-6-11(10-19)18-7-1-2-8-18/h3-5,11H,1-2,6-10,17H2. The first kappa shape index (κ1) is 13.4. The molecular formula is C15H20FN3O. The van der Waals surface area contributed by atoms with Gasteiger partial charge in [-0.25, -0.2) is 4.39 Å². The zero-order valence-corrected chi connectivity index (χ0v) is 11.5. The van der Waals surface area contributed by atoms with Crippen molar-refractivity contribution in [2.75, 3.05) is 31.9 Å². The summed E-state index contributed by atoms with van der Waals surface area (Å²) in [4.78, 5) is 16.7. The Balaban J connectivity index is 1.70. The van der Waals surface area contributed by atoms with Crippen molar-refractivity contribution >= 4 is 11.6 Å². The zero-order chi connectivity index (χ0) is 14.1. The Morgan fingerprint density at radius 2 is 2.00 bits per heavy atom. The van der Waals surface area contributed by atoms with Gasteiger partial charge in [0.2, 0.25) is 0 Å². The number of carbonyl (C=O) groups excluding carboxylic acids is 1. The van der Waals surface area contributed by atoms with Crippen LogP contribution in [0.4, 0.5) is 10.1 Å². The van der Waals surface area contributed by atoms with Crippen LogP contribution < -0.4 is 5.73 Å². The molecule has 20 heavy (non-hydrogen) atoms. The van der Waals surface area contributed by atoms with Crippen molar-refractivity contribution in [2.24, 2.45) is 0 Å². The molecule has 0 bridgehead atoms. The number of rotatable bonds is 2. The number of halogens is 1. The van der Waals surface area contributed by atoms with E-state index in [0.717, 1.165) is 32.6 Å². The molecule has 2 aliphatic heterocycles. The molecule has 1 amide bonds. The molecule has 2 saturated heterocycles. The molecule has 5 heteroatoms. The summed E-state index contributed by atoms with van der Waals surface area (Å²) >= 11 is 0. The molecule has 1 atom stereocenters. The Morgan fingerprint density at radius 1 is 1.25 bits per heavy atom. The number of hydrogen-bond donors (Lipinski definition) is 1. The van der Waals surface area contributed by atoms with Gasteiger partial charge in [-0.3, -0.25) is 9.69 Å². The second-order valence-corrected chi connectivity index (χ2v) is 5.64. The van der Waals surface area contributed by atoms with Crippen LogP contribution in [0.2, 0.25) is 0 Å². The van der Waals surface area contributed by atoms with E-state index in [0.29, 0.717) is 6.04 Å². The highest BCUT2D eigenvalue weighted by Gasteiger charge is 2.32. The van der Waals surface area contributed by atoms with Crippen LogP contribution in [0.25, 0.3) is 0 Å². The van der Waals surface area contributed by atoms with E-state index < -0.39 is 5.82 Å². The fraction of sp³-hybridized carbons (Fsp3) is 0.533. The third-order valence-electron chi connectivity index (χ3n) is 4.39. The Kier molecular flexibility index (Phi) is 3.61. The zero-order valence-electron chi connectivity index (χ0n) is 11.5. The minimum atomic E-state index is -0.522. The lowest BCUT2D eigenvalue weighted by Crippen LogP contribution is -2.37. The molecule has 2 N–H and O–H groups in total. The van der Waals surface area contributed by atoms with Crippen molar-refractivity contribution in [3.05, 3.63) is 29.6 Å². The Labute approximate surface area is 118 Å². The van der Waals surface area contributed by atoms with Crippen molar-refractivity contribution < 1.29 is 9.18 Å². The lowest BCUT2D eigenvalue weighted by atomic mass is 10.1. The van der Waals surface area contributed by atoms with Gasteiger partial charge in [-0.15, -0.1) is 0 Å². The highest BCUT2D eigenvalue weighted by atomic mass is 19.1. The van der Waals surface area contributed by atoms with Crippen LogP contribution >= 0.6 is 0 Å². The SMILES string of the molecule is Nc1c(F)cccc1C(=O)N1CCC(N2CCCC2)C1. The van der Waals surface area contributed by atoms with Gasteiger partial charge in [0.15, 0.2) is 0 Å². The Hall–Kier alpha value is -1.62. The summed E-state index contributed by atoms with van der Waals surface area (Å²) in [5.74, 6) is -0.671. The molecule has 1 aromatic rings. The predicted octanol–water partition coefficient (Wildman–Crippen LogP) is 1.72. The summed E-state index contributed by atoms with van der Waals surface area (Å²) in [7, 11) is 0. The van der Waals surface area contributed by atoms with Crippen LogP contribution in [-0.4, -0.2) is 47.9 Å². The molecule has 0 aromatic heterocycles. The van der Waals surface area contributed by atoms with Crippen molar-refractivity contribution in [3.63, 3.8) is 0 Å². The van der Waals surface area contributed by atoms with Crippen LogP contribution in [0.1, 0.15) is 29.6 Å². The third kappa shape index (κ3) is 2.38. The van der Waals surface area contributed by atoms with Gasteiger partial charge in [0.25, 0.3) is 5.91 Å². The van der Waals surface area contributed by atoms with Crippen molar-refractivity contribution in [3.8, 4) is 0 Å².